The highest BCUT2D eigenvalue weighted by molar-refractivity contribution is 5.96. The zero-order chi connectivity index (χ0) is 29.2. The third-order valence-corrected chi connectivity index (χ3v) is 5.60. The lowest BCUT2D eigenvalue weighted by Gasteiger charge is -2.14. The molecule has 0 aliphatic rings. The Hall–Kier alpha value is -4.90. The molecule has 0 spiro atoms. The maximum Gasteiger partial charge on any atom is 0.337 e. The Morgan fingerprint density at radius 2 is 0.825 bits per heavy atom. The first-order valence-electron chi connectivity index (χ1n) is 11.8. The zero-order valence-corrected chi connectivity index (χ0v) is 22.3. The van der Waals surface area contributed by atoms with Gasteiger partial charge in [-0.25, -0.2) is 19.2 Å². The van der Waals surface area contributed by atoms with Crippen LogP contribution in [0.5, 0.6) is 11.5 Å². The molecule has 0 aromatic heterocycles. The summed E-state index contributed by atoms with van der Waals surface area (Å²) in [5.41, 5.74) is 2.08. The van der Waals surface area contributed by atoms with Crippen molar-refractivity contribution in [2.75, 3.05) is 28.4 Å². The number of rotatable bonds is 11. The first-order chi connectivity index (χ1) is 19.2. The van der Waals surface area contributed by atoms with Crippen molar-refractivity contribution in [3.63, 3.8) is 0 Å². The van der Waals surface area contributed by atoms with Gasteiger partial charge in [0.1, 0.15) is 24.7 Å². The molecule has 40 heavy (non-hydrogen) atoms. The van der Waals surface area contributed by atoms with Gasteiger partial charge < -0.3 is 33.5 Å². The Kier molecular flexibility index (Phi) is 10.2. The molecule has 11 heteroatoms. The molecule has 0 fully saturated rings. The van der Waals surface area contributed by atoms with Gasteiger partial charge in [0.15, 0.2) is 0 Å². The lowest BCUT2D eigenvalue weighted by Crippen LogP contribution is -2.09. The molecule has 0 bridgehead atoms. The fraction of sp³-hybridized carbons (Fsp3) is 0.241. The fourth-order valence-corrected chi connectivity index (χ4v) is 3.72. The van der Waals surface area contributed by atoms with Crippen molar-refractivity contribution >= 4 is 23.9 Å². The van der Waals surface area contributed by atoms with E-state index in [4.69, 9.17) is 28.4 Å². The summed E-state index contributed by atoms with van der Waals surface area (Å²) in [4.78, 5) is 48.2. The number of carbonyl (C=O) groups is 4. The monoisotopic (exact) mass is 552 g/mol. The normalized spacial score (nSPS) is 10.3. The Balaban J connectivity index is 1.83. The van der Waals surface area contributed by atoms with Crippen LogP contribution in [0, 0.1) is 0 Å². The van der Waals surface area contributed by atoms with E-state index in [1.165, 1.54) is 64.8 Å². The van der Waals surface area contributed by atoms with Crippen molar-refractivity contribution in [2.24, 2.45) is 0 Å². The first kappa shape index (κ1) is 29.7. The Morgan fingerprint density at radius 3 is 1.10 bits per heavy atom. The van der Waals surface area contributed by atoms with Gasteiger partial charge in [-0.2, -0.15) is 0 Å². The van der Waals surface area contributed by atoms with Crippen LogP contribution in [0.25, 0.3) is 0 Å². The molecule has 0 aliphatic carbocycles. The SMILES string of the molecule is COC(=O)c1cc(COc2cc(CO)cc(OCc3cc(C(=O)OC)cc(C(=O)OC)c3)c2)cc(C(=O)OC)c1. The van der Waals surface area contributed by atoms with Gasteiger partial charge in [-0.3, -0.25) is 0 Å². The van der Waals surface area contributed by atoms with Crippen LogP contribution in [-0.4, -0.2) is 57.4 Å². The van der Waals surface area contributed by atoms with Crippen molar-refractivity contribution < 1.29 is 52.7 Å². The summed E-state index contributed by atoms with van der Waals surface area (Å²) in [5, 5.41) is 9.74. The second-order valence-electron chi connectivity index (χ2n) is 8.35. The smallest absolute Gasteiger partial charge is 0.337 e. The van der Waals surface area contributed by atoms with Crippen LogP contribution in [0.3, 0.4) is 0 Å². The van der Waals surface area contributed by atoms with Gasteiger partial charge in [0.2, 0.25) is 0 Å². The van der Waals surface area contributed by atoms with E-state index in [0.717, 1.165) is 0 Å². The topological polar surface area (TPSA) is 144 Å². The van der Waals surface area contributed by atoms with Crippen molar-refractivity contribution in [1.82, 2.24) is 0 Å². The minimum absolute atomic E-state index is 0.0349. The van der Waals surface area contributed by atoms with Gasteiger partial charge in [0.25, 0.3) is 0 Å². The predicted octanol–water partition coefficient (Wildman–Crippen LogP) is 3.48. The van der Waals surface area contributed by atoms with Gasteiger partial charge in [-0.15, -0.1) is 0 Å². The highest BCUT2D eigenvalue weighted by Gasteiger charge is 2.16. The van der Waals surface area contributed by atoms with Gasteiger partial charge >= 0.3 is 23.9 Å². The minimum atomic E-state index is -0.628. The zero-order valence-electron chi connectivity index (χ0n) is 22.3. The van der Waals surface area contributed by atoms with Crippen LogP contribution >= 0.6 is 0 Å². The molecule has 0 aliphatic heterocycles. The highest BCUT2D eigenvalue weighted by atomic mass is 16.5. The fourth-order valence-electron chi connectivity index (χ4n) is 3.72. The number of aliphatic hydroxyl groups excluding tert-OH is 1. The molecule has 11 nitrogen and oxygen atoms in total. The molecule has 0 radical (unpaired) electrons. The molecule has 0 saturated carbocycles. The van der Waals surface area contributed by atoms with E-state index in [1.54, 1.807) is 18.2 Å². The van der Waals surface area contributed by atoms with E-state index in [-0.39, 0.29) is 42.1 Å². The van der Waals surface area contributed by atoms with E-state index in [1.807, 2.05) is 0 Å². The average molecular weight is 553 g/mol. The molecular formula is C29H28O11. The Morgan fingerprint density at radius 1 is 0.500 bits per heavy atom. The summed E-state index contributed by atoms with van der Waals surface area (Å²) in [6.45, 7) is -0.373. The van der Waals surface area contributed by atoms with E-state index in [0.29, 0.717) is 28.2 Å². The first-order valence-corrected chi connectivity index (χ1v) is 11.8. The molecule has 0 unspecified atom stereocenters. The summed E-state index contributed by atoms with van der Waals surface area (Å²) in [6.07, 6.45) is 0. The van der Waals surface area contributed by atoms with Gasteiger partial charge in [0, 0.05) is 6.07 Å². The molecule has 3 aromatic rings. The number of aliphatic hydroxyl groups is 1. The Labute approximate surface area is 230 Å². The maximum absolute atomic E-state index is 12.1. The summed E-state index contributed by atoms with van der Waals surface area (Å²) in [5.74, 6) is -1.84. The number of hydrogen-bond acceptors (Lipinski definition) is 11. The molecule has 1 N–H and O–H groups in total. The van der Waals surface area contributed by atoms with Crippen LogP contribution in [0.4, 0.5) is 0 Å². The van der Waals surface area contributed by atoms with E-state index in [9.17, 15) is 24.3 Å². The molecule has 0 heterocycles. The number of carbonyl (C=O) groups excluding carboxylic acids is 4. The molecule has 0 atom stereocenters. The minimum Gasteiger partial charge on any atom is -0.489 e. The van der Waals surface area contributed by atoms with Crippen LogP contribution in [0.15, 0.2) is 54.6 Å². The van der Waals surface area contributed by atoms with Crippen LogP contribution in [-0.2, 0) is 38.8 Å². The molecular weight excluding hydrogens is 524 g/mol. The van der Waals surface area contributed by atoms with Gasteiger partial charge in [-0.1, -0.05) is 0 Å². The number of esters is 4. The van der Waals surface area contributed by atoms with E-state index >= 15 is 0 Å². The third-order valence-electron chi connectivity index (χ3n) is 5.60. The average Bonchev–Trinajstić information content (AvgIpc) is 3.00. The largest absolute Gasteiger partial charge is 0.489 e. The quantitative estimate of drug-likeness (QED) is 0.276. The molecule has 0 saturated heterocycles. The number of ether oxygens (including phenoxy) is 6. The van der Waals surface area contributed by atoms with Crippen LogP contribution in [0.1, 0.15) is 58.1 Å². The standard InChI is InChI=1S/C29H28O11/c1-35-26(31)20-5-18(6-21(11-20)27(32)36-2)15-39-24-9-17(14-30)10-25(13-24)40-16-19-7-22(28(33)37-3)12-23(8-19)29(34)38-4/h5-13,30H,14-16H2,1-4H3. The van der Waals surface area contributed by atoms with Crippen molar-refractivity contribution in [3.8, 4) is 11.5 Å². The van der Waals surface area contributed by atoms with E-state index < -0.39 is 23.9 Å². The second-order valence-corrected chi connectivity index (χ2v) is 8.35. The summed E-state index contributed by atoms with van der Waals surface area (Å²) < 4.78 is 30.8. The molecule has 0 amide bonds. The van der Waals surface area contributed by atoms with Crippen LogP contribution < -0.4 is 9.47 Å². The van der Waals surface area contributed by atoms with Gasteiger partial charge in [-0.05, 0) is 65.2 Å². The Bertz CT molecular complexity index is 1240. The van der Waals surface area contributed by atoms with Crippen LogP contribution in [0.2, 0.25) is 0 Å². The van der Waals surface area contributed by atoms with Crippen molar-refractivity contribution in [1.29, 1.82) is 0 Å². The van der Waals surface area contributed by atoms with Gasteiger partial charge in [0.05, 0.1) is 57.3 Å². The summed E-state index contributed by atoms with van der Waals surface area (Å²) >= 11 is 0. The lowest BCUT2D eigenvalue weighted by molar-refractivity contribution is 0.0581. The molecule has 3 aromatic carbocycles. The maximum atomic E-state index is 12.1. The second kappa shape index (κ2) is 13.8. The molecule has 3 rings (SSSR count). The van der Waals surface area contributed by atoms with Crippen molar-refractivity contribution in [3.05, 3.63) is 93.5 Å². The van der Waals surface area contributed by atoms with Crippen molar-refractivity contribution in [2.45, 2.75) is 19.8 Å². The molecule has 210 valence electrons. The number of methoxy groups -OCH3 is 4. The van der Waals surface area contributed by atoms with E-state index in [2.05, 4.69) is 0 Å². The third kappa shape index (κ3) is 7.58. The lowest BCUT2D eigenvalue weighted by atomic mass is 10.1. The summed E-state index contributed by atoms with van der Waals surface area (Å²) in [6, 6.07) is 13.6. The number of benzene rings is 3. The summed E-state index contributed by atoms with van der Waals surface area (Å²) in [7, 11) is 4.92. The number of hydrogen-bond donors (Lipinski definition) is 1. The highest BCUT2D eigenvalue weighted by Crippen LogP contribution is 2.26. The predicted molar refractivity (Wildman–Crippen MR) is 139 cm³/mol.